The van der Waals surface area contributed by atoms with E-state index in [0.29, 0.717) is 5.56 Å². The SMILES string of the molecule is CC(C)(C)c1cccc(C([NH-])=O)c1.CC1=CC[C-]=C1.C[Si]C.[Cl-].[Cl-].[Hf+4]. The number of amides is 1. The molecule has 6 heteroatoms. The van der Waals surface area contributed by atoms with Gasteiger partial charge in [-0.1, -0.05) is 52.1 Å². The van der Waals surface area contributed by atoms with Gasteiger partial charge >= 0.3 is 25.8 Å². The summed E-state index contributed by atoms with van der Waals surface area (Å²) in [7, 11) is 1.08. The van der Waals surface area contributed by atoms with Crippen molar-refractivity contribution in [2.75, 3.05) is 0 Å². The first-order valence-corrected chi connectivity index (χ1v) is 9.40. The van der Waals surface area contributed by atoms with E-state index in [1.54, 1.807) is 12.1 Å². The number of hydrogen-bond acceptors (Lipinski definition) is 1. The van der Waals surface area contributed by atoms with E-state index >= 15 is 0 Å². The number of carbonyl (C=O) groups is 1. The van der Waals surface area contributed by atoms with Crippen molar-refractivity contribution in [1.82, 2.24) is 0 Å². The molecule has 2 nitrogen and oxygen atoms in total. The van der Waals surface area contributed by atoms with E-state index in [1.165, 1.54) is 5.57 Å². The standard InChI is InChI=1S/C11H15NO.C6H7.C2H6Si.2ClH.Hf/c1-11(2,3)9-6-4-5-8(7-9)10(12)13;1-6-4-2-3-5-6;1-3-2;;;/h4-7H,1-3H3,(H2,12,13);4-5H,2H2,1H3;1-2H3;2*1H;/q;-1;;;;+4/p-3. The number of carbonyl (C=O) groups excluding carboxylic acids is 1. The molecule has 1 N–H and O–H groups in total. The molecule has 0 unspecified atom stereocenters. The van der Waals surface area contributed by atoms with Gasteiger partial charge < -0.3 is 35.3 Å². The largest absolute Gasteiger partial charge is 4.00 e. The average molecular weight is 563 g/mol. The molecule has 2 rings (SSSR count). The van der Waals surface area contributed by atoms with Crippen molar-refractivity contribution in [3.8, 4) is 0 Å². The van der Waals surface area contributed by atoms with Crippen molar-refractivity contribution in [3.63, 3.8) is 0 Å². The van der Waals surface area contributed by atoms with Crippen molar-refractivity contribution < 1.29 is 55.5 Å². The smallest absolute Gasteiger partial charge is 1.00 e. The molecule has 0 spiro atoms. The van der Waals surface area contributed by atoms with E-state index in [4.69, 9.17) is 5.73 Å². The quantitative estimate of drug-likeness (QED) is 0.341. The molecular formula is C19H27Cl2HfNOSi. The summed E-state index contributed by atoms with van der Waals surface area (Å²) >= 11 is 0. The summed E-state index contributed by atoms with van der Waals surface area (Å²) in [4.78, 5) is 10.8. The Morgan fingerprint density at radius 1 is 1.20 bits per heavy atom. The first-order chi connectivity index (χ1) is 10.2. The van der Waals surface area contributed by atoms with Crippen molar-refractivity contribution in [2.24, 2.45) is 0 Å². The number of benzene rings is 1. The number of allylic oxidation sites excluding steroid dienone is 4. The summed E-state index contributed by atoms with van der Waals surface area (Å²) < 4.78 is 0. The first kappa shape index (κ1) is 32.5. The van der Waals surface area contributed by atoms with Gasteiger partial charge in [0.1, 0.15) is 0 Å². The Bertz CT molecular complexity index is 538. The predicted molar refractivity (Wildman–Crippen MR) is 97.5 cm³/mol. The summed E-state index contributed by atoms with van der Waals surface area (Å²) in [6, 6.07) is 7.26. The third kappa shape index (κ3) is 15.8. The van der Waals surface area contributed by atoms with Crippen LogP contribution in [0.5, 0.6) is 0 Å². The second-order valence-corrected chi connectivity index (χ2v) is 7.16. The monoisotopic (exact) mass is 563 g/mol. The fourth-order valence-electron chi connectivity index (χ4n) is 1.63. The minimum atomic E-state index is -0.619. The van der Waals surface area contributed by atoms with Gasteiger partial charge in [-0.2, -0.15) is 6.08 Å². The zero-order chi connectivity index (χ0) is 17.2. The van der Waals surface area contributed by atoms with Gasteiger partial charge in [0.2, 0.25) is 0 Å². The average Bonchev–Trinajstić information content (AvgIpc) is 2.91. The maximum Gasteiger partial charge on any atom is 4.00 e. The molecule has 25 heavy (non-hydrogen) atoms. The Kier molecular flexibility index (Phi) is 22.4. The molecule has 0 heterocycles. The van der Waals surface area contributed by atoms with Crippen molar-refractivity contribution >= 4 is 15.4 Å². The van der Waals surface area contributed by atoms with Crippen LogP contribution in [0.3, 0.4) is 0 Å². The summed E-state index contributed by atoms with van der Waals surface area (Å²) in [5.74, 6) is -0.619. The Balaban J connectivity index is -0.000000156. The minimum Gasteiger partial charge on any atom is -1.00 e. The summed E-state index contributed by atoms with van der Waals surface area (Å²) in [6.45, 7) is 12.6. The normalized spacial score (nSPS) is 11.0. The van der Waals surface area contributed by atoms with E-state index in [0.717, 1.165) is 21.5 Å². The molecule has 0 saturated heterocycles. The van der Waals surface area contributed by atoms with Gasteiger partial charge in [-0.05, 0) is 22.6 Å². The first-order valence-electron chi connectivity index (χ1n) is 7.40. The summed E-state index contributed by atoms with van der Waals surface area (Å²) in [5.41, 5.74) is 9.91. The summed E-state index contributed by atoms with van der Waals surface area (Å²) in [5, 5.41) is 0. The fourth-order valence-corrected chi connectivity index (χ4v) is 1.63. The van der Waals surface area contributed by atoms with Crippen LogP contribution < -0.4 is 24.8 Å². The third-order valence-electron chi connectivity index (χ3n) is 2.86. The van der Waals surface area contributed by atoms with Gasteiger partial charge in [0.15, 0.2) is 0 Å². The Morgan fingerprint density at radius 3 is 2.00 bits per heavy atom. The number of nitrogens with one attached hydrogen (secondary N) is 1. The molecule has 0 bridgehead atoms. The molecule has 1 amide bonds. The van der Waals surface area contributed by atoms with Crippen LogP contribution in [0.25, 0.3) is 5.73 Å². The van der Waals surface area contributed by atoms with Gasteiger partial charge in [-0.25, -0.2) is 11.6 Å². The molecular weight excluding hydrogens is 536 g/mol. The molecule has 136 valence electrons. The van der Waals surface area contributed by atoms with Crippen molar-refractivity contribution in [2.45, 2.75) is 52.6 Å². The van der Waals surface area contributed by atoms with Crippen LogP contribution in [-0.4, -0.2) is 15.4 Å². The minimum absolute atomic E-state index is 0. The predicted octanol–water partition coefficient (Wildman–Crippen LogP) is -0.335. The molecule has 0 fully saturated rings. The van der Waals surface area contributed by atoms with E-state index < -0.39 is 5.91 Å². The van der Waals surface area contributed by atoms with Crippen molar-refractivity contribution in [1.29, 1.82) is 0 Å². The Morgan fingerprint density at radius 2 is 1.72 bits per heavy atom. The van der Waals surface area contributed by atoms with E-state index in [9.17, 15) is 4.79 Å². The zero-order valence-corrected chi connectivity index (χ0v) is 21.9. The number of rotatable bonds is 1. The van der Waals surface area contributed by atoms with Crippen molar-refractivity contribution in [3.05, 3.63) is 64.9 Å². The van der Waals surface area contributed by atoms with E-state index in [1.807, 2.05) is 18.2 Å². The maximum absolute atomic E-state index is 10.8. The molecule has 1 aliphatic rings. The van der Waals surface area contributed by atoms with Crippen LogP contribution >= 0.6 is 0 Å². The molecule has 0 atom stereocenters. The van der Waals surface area contributed by atoms with Crippen LogP contribution in [0, 0.1) is 6.08 Å². The molecule has 0 aliphatic heterocycles. The van der Waals surface area contributed by atoms with Gasteiger partial charge in [0.05, 0.1) is 5.91 Å². The van der Waals surface area contributed by atoms with Gasteiger partial charge in [-0.15, -0.1) is 13.3 Å². The second kappa shape index (κ2) is 17.3. The Labute approximate surface area is 187 Å². The van der Waals surface area contributed by atoms with Crippen LogP contribution in [0.2, 0.25) is 13.1 Å². The summed E-state index contributed by atoms with van der Waals surface area (Å²) in [6.07, 6.45) is 8.24. The topological polar surface area (TPSA) is 40.9 Å². The molecule has 1 aromatic carbocycles. The van der Waals surface area contributed by atoms with Gasteiger partial charge in [-0.3, -0.25) is 6.08 Å². The van der Waals surface area contributed by atoms with Gasteiger partial charge in [0.25, 0.3) is 0 Å². The van der Waals surface area contributed by atoms with Crippen LogP contribution in [-0.2, 0) is 31.3 Å². The molecule has 0 aromatic heterocycles. The Hall–Kier alpha value is -0.163. The molecule has 2 radical (unpaired) electrons. The van der Waals surface area contributed by atoms with Crippen LogP contribution in [0.4, 0.5) is 0 Å². The fraction of sp³-hybridized carbons (Fsp3) is 0.421. The van der Waals surface area contributed by atoms with E-state index in [-0.39, 0.29) is 56.1 Å². The van der Waals surface area contributed by atoms with Gasteiger partial charge in [0, 0.05) is 9.52 Å². The molecule has 1 aliphatic carbocycles. The molecule has 0 saturated carbocycles. The van der Waals surface area contributed by atoms with Crippen LogP contribution in [0.1, 0.15) is 50.0 Å². The number of halogens is 2. The second-order valence-electron chi connectivity index (χ2n) is 6.16. The molecule has 1 aromatic rings. The van der Waals surface area contributed by atoms with Crippen LogP contribution in [0.15, 0.2) is 42.0 Å². The van der Waals surface area contributed by atoms with E-state index in [2.05, 4.69) is 52.9 Å². The zero-order valence-electron chi connectivity index (χ0n) is 15.8. The third-order valence-corrected chi connectivity index (χ3v) is 2.86. The number of hydrogen-bond donors (Lipinski definition) is 0. The maximum atomic E-state index is 10.8.